The van der Waals surface area contributed by atoms with E-state index in [1.807, 2.05) is 81.9 Å². The summed E-state index contributed by atoms with van der Waals surface area (Å²) in [4.78, 5) is 8.76. The summed E-state index contributed by atoms with van der Waals surface area (Å²) >= 11 is 11.7. The van der Waals surface area contributed by atoms with E-state index in [2.05, 4.69) is 318 Å². The molecule has 0 aliphatic heterocycles. The number of fused-ring (bicyclic) bond motifs is 8. The van der Waals surface area contributed by atoms with Crippen LogP contribution in [0.3, 0.4) is 0 Å². The smallest absolute Gasteiger partial charge is 0.137 e. The van der Waals surface area contributed by atoms with E-state index in [1.165, 1.54) is 323 Å². The molecule has 640 valence electrons. The van der Waals surface area contributed by atoms with Crippen LogP contribution >= 0.6 is 68.0 Å². The van der Waals surface area contributed by atoms with Gasteiger partial charge in [0.2, 0.25) is 0 Å². The number of hydrogen-bond donors (Lipinski definition) is 0. The molecule has 0 atom stereocenters. The van der Waals surface area contributed by atoms with Crippen molar-refractivity contribution < 1.29 is 8.83 Å². The van der Waals surface area contributed by atoms with E-state index in [0.717, 1.165) is 22.7 Å². The topological polar surface area (TPSA) is 26.3 Å². The highest BCUT2D eigenvalue weighted by molar-refractivity contribution is 7.21. The summed E-state index contributed by atoms with van der Waals surface area (Å²) in [6.45, 7) is 106. The normalized spacial score (nSPS) is 11.3. The maximum Gasteiger partial charge on any atom is 0.137 e. The van der Waals surface area contributed by atoms with E-state index in [1.54, 1.807) is 0 Å². The third-order valence-electron chi connectivity index (χ3n) is 30.3. The molecule has 0 N–H and O–H groups in total. The molecule has 0 aliphatic rings. The molecule has 16 aromatic rings. The molecule has 0 saturated heterocycles. The van der Waals surface area contributed by atoms with Crippen LogP contribution in [0.2, 0.25) is 0 Å². The molecular weight excluding hydrogens is 1570 g/mol. The zero-order valence-electron chi connectivity index (χ0n) is 83.3. The van der Waals surface area contributed by atoms with E-state index < -0.39 is 0 Å². The quantitative estimate of drug-likeness (QED) is 0.151. The summed E-state index contributed by atoms with van der Waals surface area (Å²) in [6, 6.07) is 0. The first kappa shape index (κ1) is 96.4. The first-order chi connectivity index (χ1) is 55.6. The largest absolute Gasteiger partial charge is 0.461 e. The molecular formula is C112H144O2S6. The predicted molar refractivity (Wildman–Crippen MR) is 551 cm³/mol. The van der Waals surface area contributed by atoms with Gasteiger partial charge in [-0.3, -0.25) is 0 Å². The van der Waals surface area contributed by atoms with E-state index in [-0.39, 0.29) is 0 Å². The Balaban J connectivity index is 0.000000156. The van der Waals surface area contributed by atoms with Gasteiger partial charge in [-0.1, -0.05) is 0 Å². The molecule has 0 aliphatic carbocycles. The molecule has 16 rings (SSSR count). The Bertz CT molecular complexity index is 5590. The zero-order valence-corrected chi connectivity index (χ0v) is 88.2. The van der Waals surface area contributed by atoms with Gasteiger partial charge in [0.15, 0.2) is 0 Å². The van der Waals surface area contributed by atoms with E-state index in [4.69, 9.17) is 8.83 Å². The molecule has 2 nitrogen and oxygen atoms in total. The molecule has 0 unspecified atom stereocenters. The number of thiophene rings is 6. The first-order valence-corrected chi connectivity index (χ1v) is 48.2. The molecule has 8 aromatic carbocycles. The van der Waals surface area contributed by atoms with Gasteiger partial charge in [-0.15, -0.1) is 68.0 Å². The van der Waals surface area contributed by atoms with Gasteiger partial charge in [0.1, 0.15) is 22.7 Å². The van der Waals surface area contributed by atoms with Crippen LogP contribution in [0, 0.1) is 332 Å². The average molecular weight is 1710 g/mol. The van der Waals surface area contributed by atoms with Gasteiger partial charge in [0.05, 0.1) is 0 Å². The van der Waals surface area contributed by atoms with Crippen molar-refractivity contribution in [1.29, 1.82) is 0 Å². The lowest BCUT2D eigenvalue weighted by Gasteiger charge is -2.11. The van der Waals surface area contributed by atoms with Crippen LogP contribution in [0.4, 0.5) is 0 Å². The monoisotopic (exact) mass is 1710 g/mol. The minimum Gasteiger partial charge on any atom is -0.461 e. The fraction of sp³-hybridized carbons (Fsp3) is 0.429. The van der Waals surface area contributed by atoms with Crippen molar-refractivity contribution >= 4 is 150 Å². The third-order valence-corrected chi connectivity index (χ3v) is 38.3. The van der Waals surface area contributed by atoms with E-state index >= 15 is 0 Å². The number of hydrogen-bond acceptors (Lipinski definition) is 8. The summed E-state index contributed by atoms with van der Waals surface area (Å²) < 4.78 is 20.6. The number of benzene rings is 8. The number of aryl methyl sites for hydroxylation is 32. The van der Waals surface area contributed by atoms with E-state index in [0.29, 0.717) is 0 Å². The summed E-state index contributed by atoms with van der Waals surface area (Å²) in [6.07, 6.45) is 0. The Morgan fingerprint density at radius 3 is 0.367 bits per heavy atom. The van der Waals surface area contributed by atoms with Crippen LogP contribution in [0.5, 0.6) is 0 Å². The second-order valence-electron chi connectivity index (χ2n) is 35.9. The minimum absolute atomic E-state index is 1.04. The molecule has 0 radical (unpaired) electrons. The molecule has 120 heavy (non-hydrogen) atoms. The molecule has 0 fully saturated rings. The standard InChI is InChI=1S/2C14H18O.6C14H18S/c8*1-7-8(2)10(4)14-13(9(7)3)11(5)12(6)15-14/h8*1-6H3. The molecule has 8 aromatic heterocycles. The van der Waals surface area contributed by atoms with Gasteiger partial charge < -0.3 is 8.83 Å². The lowest BCUT2D eigenvalue weighted by atomic mass is 9.94. The Kier molecular flexibility index (Phi) is 29.6. The zero-order chi connectivity index (χ0) is 90.6. The Morgan fingerprint density at radius 1 is 0.108 bits per heavy atom. The van der Waals surface area contributed by atoms with Crippen LogP contribution in [-0.2, 0) is 0 Å². The van der Waals surface area contributed by atoms with Gasteiger partial charge in [0, 0.05) is 68.2 Å². The lowest BCUT2D eigenvalue weighted by Crippen LogP contribution is -1.92. The van der Waals surface area contributed by atoms with Crippen LogP contribution in [0.15, 0.2) is 8.83 Å². The Labute approximate surface area is 748 Å². The molecule has 0 saturated carbocycles. The molecule has 0 amide bonds. The molecule has 0 spiro atoms. The van der Waals surface area contributed by atoms with Crippen LogP contribution in [0.25, 0.3) is 82.5 Å². The molecule has 8 heterocycles. The van der Waals surface area contributed by atoms with Gasteiger partial charge >= 0.3 is 0 Å². The SMILES string of the molecule is Cc1oc2c(C)c(C)c(C)c(C)c2c1C.Cc1oc2c(C)c(C)c(C)c(C)c2c1C.Cc1sc2c(C)c(C)c(C)c(C)c2c1C.Cc1sc2c(C)c(C)c(C)c(C)c2c1C.Cc1sc2c(C)c(C)c(C)c(C)c2c1C.Cc1sc2c(C)c(C)c(C)c(C)c2c1C.Cc1sc2c(C)c(C)c(C)c(C)c2c1C.Cc1sc2c(C)c(C)c(C)c(C)c2c1C. The second-order valence-corrected chi connectivity index (χ2v) is 43.2. The van der Waals surface area contributed by atoms with E-state index in [9.17, 15) is 0 Å². The maximum atomic E-state index is 5.85. The van der Waals surface area contributed by atoms with Crippen LogP contribution in [0.1, 0.15) is 263 Å². The predicted octanol–water partition coefficient (Wildman–Crippen LogP) is 37.1. The highest BCUT2D eigenvalue weighted by atomic mass is 32.1. The fourth-order valence-corrected chi connectivity index (χ4v) is 25.8. The van der Waals surface area contributed by atoms with Gasteiger partial charge in [0.25, 0.3) is 0 Å². The summed E-state index contributed by atoms with van der Waals surface area (Å²) in [5, 5.41) is 11.6. The van der Waals surface area contributed by atoms with Gasteiger partial charge in [-0.25, -0.2) is 0 Å². The van der Waals surface area contributed by atoms with Gasteiger partial charge in [-0.2, -0.15) is 0 Å². The lowest BCUT2D eigenvalue weighted by molar-refractivity contribution is 0.572. The second kappa shape index (κ2) is 36.8. The van der Waals surface area contributed by atoms with Crippen LogP contribution in [-0.4, -0.2) is 0 Å². The summed E-state index contributed by atoms with van der Waals surface area (Å²) in [5.74, 6) is 2.09. The van der Waals surface area contributed by atoms with Crippen molar-refractivity contribution in [3.05, 3.63) is 263 Å². The Hall–Kier alpha value is -7.40. The summed E-state index contributed by atoms with van der Waals surface area (Å²) in [7, 11) is 0. The summed E-state index contributed by atoms with van der Waals surface area (Å²) in [5.41, 5.74) is 59.5. The number of rotatable bonds is 0. The Morgan fingerprint density at radius 2 is 0.225 bits per heavy atom. The molecule has 8 heteroatoms. The highest BCUT2D eigenvalue weighted by Crippen LogP contribution is 2.46. The fourth-order valence-electron chi connectivity index (χ4n) is 18.1. The first-order valence-electron chi connectivity index (χ1n) is 43.3. The van der Waals surface area contributed by atoms with Crippen molar-refractivity contribution in [1.82, 2.24) is 0 Å². The molecule has 0 bridgehead atoms. The minimum atomic E-state index is 1.04. The van der Waals surface area contributed by atoms with Crippen molar-refractivity contribution in [2.24, 2.45) is 0 Å². The van der Waals surface area contributed by atoms with Crippen molar-refractivity contribution in [3.63, 3.8) is 0 Å². The third kappa shape index (κ3) is 16.9. The average Bonchev–Trinajstić information content (AvgIpc) is 1.63. The van der Waals surface area contributed by atoms with Crippen LogP contribution < -0.4 is 0 Å². The van der Waals surface area contributed by atoms with Gasteiger partial charge in [-0.05, 0) is 587 Å². The number of furan rings is 2. The maximum absolute atomic E-state index is 5.85. The van der Waals surface area contributed by atoms with Crippen molar-refractivity contribution in [2.45, 2.75) is 332 Å². The van der Waals surface area contributed by atoms with Crippen molar-refractivity contribution in [3.8, 4) is 0 Å². The highest BCUT2D eigenvalue weighted by Gasteiger charge is 2.23. The van der Waals surface area contributed by atoms with Crippen molar-refractivity contribution in [2.75, 3.05) is 0 Å².